The average Bonchev–Trinajstić information content (AvgIpc) is 2.54. The van der Waals surface area contributed by atoms with E-state index in [1.165, 1.54) is 4.90 Å². The molecule has 0 bridgehead atoms. The second-order valence-electron chi connectivity index (χ2n) is 6.21. The maximum absolute atomic E-state index is 12.7. The Morgan fingerprint density at radius 2 is 1.83 bits per heavy atom. The number of hydrogen-bond donors (Lipinski definition) is 2. The second-order valence-corrected chi connectivity index (χ2v) is 6.65. The molecule has 24 heavy (non-hydrogen) atoms. The molecule has 1 aliphatic rings. The van der Waals surface area contributed by atoms with Gasteiger partial charge in [0.15, 0.2) is 0 Å². The lowest BCUT2D eigenvalue weighted by atomic mass is 9.98. The van der Waals surface area contributed by atoms with E-state index in [2.05, 4.69) is 10.6 Å². The molecule has 0 unspecified atom stereocenters. The summed E-state index contributed by atoms with van der Waals surface area (Å²) >= 11 is 5.84. The molecule has 124 valence electrons. The van der Waals surface area contributed by atoms with Crippen LogP contribution in [-0.2, 0) is 9.59 Å². The van der Waals surface area contributed by atoms with Crippen LogP contribution in [-0.4, -0.2) is 23.9 Å². The van der Waals surface area contributed by atoms with Gasteiger partial charge in [0.05, 0.1) is 11.4 Å². The van der Waals surface area contributed by atoms with Gasteiger partial charge in [-0.05, 0) is 50.2 Å². The molecule has 0 saturated heterocycles. The molecule has 0 fully saturated rings. The summed E-state index contributed by atoms with van der Waals surface area (Å²) in [5, 5.41) is 6.59. The molecule has 2 aromatic rings. The molecule has 2 N–H and O–H groups in total. The van der Waals surface area contributed by atoms with Crippen LogP contribution in [0.4, 0.5) is 17.1 Å². The van der Waals surface area contributed by atoms with E-state index in [1.807, 2.05) is 24.3 Å². The van der Waals surface area contributed by atoms with E-state index < -0.39 is 5.54 Å². The van der Waals surface area contributed by atoms with Crippen LogP contribution < -0.4 is 15.5 Å². The quantitative estimate of drug-likeness (QED) is 0.896. The van der Waals surface area contributed by atoms with Crippen LogP contribution in [0, 0.1) is 0 Å². The standard InChI is InChI=1S/C18H18ClN3O2/c1-18(2)17(24)22(15-6-4-3-5-14(15)21-18)11-16(23)20-13-9-7-12(19)8-10-13/h3-10,21H,11H2,1-2H3,(H,20,23). The van der Waals surface area contributed by atoms with Crippen LogP contribution in [0.5, 0.6) is 0 Å². The maximum atomic E-state index is 12.7. The Hall–Kier alpha value is -2.53. The number of benzene rings is 2. The van der Waals surface area contributed by atoms with Crippen molar-refractivity contribution in [2.24, 2.45) is 0 Å². The summed E-state index contributed by atoms with van der Waals surface area (Å²) < 4.78 is 0. The normalized spacial score (nSPS) is 15.5. The van der Waals surface area contributed by atoms with Gasteiger partial charge in [-0.25, -0.2) is 0 Å². The Labute approximate surface area is 145 Å². The SMILES string of the molecule is CC1(C)Nc2ccccc2N(CC(=O)Nc2ccc(Cl)cc2)C1=O. The van der Waals surface area contributed by atoms with Crippen LogP contribution in [0.25, 0.3) is 0 Å². The number of halogens is 1. The van der Waals surface area contributed by atoms with Crippen molar-refractivity contribution in [2.45, 2.75) is 19.4 Å². The third kappa shape index (κ3) is 3.21. The van der Waals surface area contributed by atoms with Gasteiger partial charge in [0, 0.05) is 10.7 Å². The van der Waals surface area contributed by atoms with Crippen LogP contribution in [0.3, 0.4) is 0 Å². The number of nitrogens with zero attached hydrogens (tertiary/aromatic N) is 1. The van der Waals surface area contributed by atoms with E-state index in [0.29, 0.717) is 16.4 Å². The fourth-order valence-corrected chi connectivity index (χ4v) is 2.81. The Morgan fingerprint density at radius 1 is 1.17 bits per heavy atom. The number of amides is 2. The Bertz CT molecular complexity index is 787. The molecule has 2 amide bonds. The van der Waals surface area contributed by atoms with Gasteiger partial charge < -0.3 is 10.6 Å². The molecule has 1 heterocycles. The topological polar surface area (TPSA) is 61.4 Å². The van der Waals surface area contributed by atoms with Gasteiger partial charge in [-0.15, -0.1) is 0 Å². The number of fused-ring (bicyclic) bond motifs is 1. The summed E-state index contributed by atoms with van der Waals surface area (Å²) in [6.45, 7) is 3.55. The zero-order valence-electron chi connectivity index (χ0n) is 13.5. The second kappa shape index (κ2) is 6.17. The van der Waals surface area contributed by atoms with Crippen LogP contribution in [0.2, 0.25) is 5.02 Å². The molecule has 6 heteroatoms. The summed E-state index contributed by atoms with van der Waals surface area (Å²) in [4.78, 5) is 26.6. The zero-order valence-corrected chi connectivity index (χ0v) is 14.2. The van der Waals surface area contributed by atoms with Gasteiger partial charge in [-0.1, -0.05) is 23.7 Å². The van der Waals surface area contributed by atoms with Crippen molar-refractivity contribution in [1.29, 1.82) is 0 Å². The molecule has 0 atom stereocenters. The Kier molecular flexibility index (Phi) is 4.20. The largest absolute Gasteiger partial charge is 0.370 e. The predicted molar refractivity (Wildman–Crippen MR) is 96.6 cm³/mol. The van der Waals surface area contributed by atoms with Crippen molar-refractivity contribution in [2.75, 3.05) is 22.1 Å². The molecule has 3 rings (SSSR count). The fraction of sp³-hybridized carbons (Fsp3) is 0.222. The van der Waals surface area contributed by atoms with Gasteiger partial charge in [0.2, 0.25) is 5.91 Å². The molecule has 1 aliphatic heterocycles. The monoisotopic (exact) mass is 343 g/mol. The summed E-state index contributed by atoms with van der Waals surface area (Å²) in [7, 11) is 0. The smallest absolute Gasteiger partial charge is 0.252 e. The molecular formula is C18H18ClN3O2. The van der Waals surface area contributed by atoms with E-state index >= 15 is 0 Å². The molecular weight excluding hydrogens is 326 g/mol. The van der Waals surface area contributed by atoms with Gasteiger partial charge >= 0.3 is 0 Å². The highest BCUT2D eigenvalue weighted by Gasteiger charge is 2.39. The third-order valence-electron chi connectivity index (χ3n) is 3.85. The van der Waals surface area contributed by atoms with Crippen LogP contribution >= 0.6 is 11.6 Å². The van der Waals surface area contributed by atoms with Crippen molar-refractivity contribution in [1.82, 2.24) is 0 Å². The van der Waals surface area contributed by atoms with E-state index in [1.54, 1.807) is 38.1 Å². The van der Waals surface area contributed by atoms with Crippen LogP contribution in [0.15, 0.2) is 48.5 Å². The van der Waals surface area contributed by atoms with Crippen molar-refractivity contribution in [3.05, 3.63) is 53.6 Å². The number of carbonyl (C=O) groups is 2. The molecule has 0 saturated carbocycles. The first kappa shape index (κ1) is 16.3. The Balaban J connectivity index is 1.81. The highest BCUT2D eigenvalue weighted by molar-refractivity contribution is 6.30. The molecule has 0 aliphatic carbocycles. The lowest BCUT2D eigenvalue weighted by molar-refractivity contribution is -0.124. The summed E-state index contributed by atoms with van der Waals surface area (Å²) in [5.74, 6) is -0.411. The minimum atomic E-state index is -0.769. The van der Waals surface area contributed by atoms with Crippen molar-refractivity contribution < 1.29 is 9.59 Å². The number of nitrogens with one attached hydrogen (secondary N) is 2. The molecule has 2 aromatic carbocycles. The van der Waals surface area contributed by atoms with Gasteiger partial charge in [0.1, 0.15) is 12.1 Å². The minimum absolute atomic E-state index is 0.0520. The van der Waals surface area contributed by atoms with Crippen molar-refractivity contribution >= 4 is 40.5 Å². The molecule has 0 spiro atoms. The molecule has 0 aromatic heterocycles. The van der Waals surface area contributed by atoms with Crippen molar-refractivity contribution in [3.8, 4) is 0 Å². The first-order valence-corrected chi connectivity index (χ1v) is 7.99. The zero-order chi connectivity index (χ0) is 17.3. The number of rotatable bonds is 3. The number of para-hydroxylation sites is 2. The lowest BCUT2D eigenvalue weighted by Gasteiger charge is -2.39. The highest BCUT2D eigenvalue weighted by Crippen LogP contribution is 2.34. The van der Waals surface area contributed by atoms with Gasteiger partial charge in [0.25, 0.3) is 5.91 Å². The van der Waals surface area contributed by atoms with Gasteiger partial charge in [-0.3, -0.25) is 14.5 Å². The fourth-order valence-electron chi connectivity index (χ4n) is 2.69. The van der Waals surface area contributed by atoms with Gasteiger partial charge in [-0.2, -0.15) is 0 Å². The minimum Gasteiger partial charge on any atom is -0.370 e. The lowest BCUT2D eigenvalue weighted by Crippen LogP contribution is -2.55. The Morgan fingerprint density at radius 3 is 2.54 bits per heavy atom. The maximum Gasteiger partial charge on any atom is 0.252 e. The first-order valence-electron chi connectivity index (χ1n) is 7.61. The number of anilines is 3. The highest BCUT2D eigenvalue weighted by atomic mass is 35.5. The molecule has 0 radical (unpaired) electrons. The summed E-state index contributed by atoms with van der Waals surface area (Å²) in [6.07, 6.45) is 0. The van der Waals surface area contributed by atoms with Crippen molar-refractivity contribution in [3.63, 3.8) is 0 Å². The summed E-state index contributed by atoms with van der Waals surface area (Å²) in [5.41, 5.74) is 1.41. The number of hydrogen-bond acceptors (Lipinski definition) is 3. The summed E-state index contributed by atoms with van der Waals surface area (Å²) in [6, 6.07) is 14.3. The van der Waals surface area contributed by atoms with E-state index in [0.717, 1.165) is 5.69 Å². The third-order valence-corrected chi connectivity index (χ3v) is 4.10. The first-order chi connectivity index (χ1) is 11.4. The predicted octanol–water partition coefficient (Wildman–Crippen LogP) is 3.52. The average molecular weight is 344 g/mol. The van der Waals surface area contributed by atoms with E-state index in [4.69, 9.17) is 11.6 Å². The van der Waals surface area contributed by atoms with E-state index in [9.17, 15) is 9.59 Å². The van der Waals surface area contributed by atoms with E-state index in [-0.39, 0.29) is 18.4 Å². The molecule has 5 nitrogen and oxygen atoms in total. The number of carbonyl (C=O) groups excluding carboxylic acids is 2. The van der Waals surface area contributed by atoms with Crippen LogP contribution in [0.1, 0.15) is 13.8 Å².